The Balaban J connectivity index is 1.92. The molecular weight excluding hydrogens is 520 g/mol. The number of carbonyl (C=O) groups is 1. The molecule has 3 aromatic rings. The number of esters is 1. The zero-order valence-electron chi connectivity index (χ0n) is 22.2. The quantitative estimate of drug-likeness (QED) is 0.304. The molecule has 0 radical (unpaired) electrons. The Kier molecular flexibility index (Phi) is 8.55. The van der Waals surface area contributed by atoms with Gasteiger partial charge in [-0.1, -0.05) is 36.1 Å². The molecule has 39 heavy (non-hydrogen) atoms. The van der Waals surface area contributed by atoms with Gasteiger partial charge in [0.15, 0.2) is 27.8 Å². The maximum absolute atomic E-state index is 13.8. The van der Waals surface area contributed by atoms with E-state index in [0.29, 0.717) is 56.6 Å². The number of rotatable bonds is 10. The Bertz CT molecular complexity index is 1620. The van der Waals surface area contributed by atoms with Crippen LogP contribution in [0.2, 0.25) is 0 Å². The van der Waals surface area contributed by atoms with Crippen LogP contribution in [-0.2, 0) is 9.53 Å². The number of fused-ring (bicyclic) bond motifs is 1. The number of phenolic OH excluding ortho intramolecular Hbond substituents is 1. The van der Waals surface area contributed by atoms with E-state index in [4.69, 9.17) is 18.9 Å². The molecule has 204 valence electrons. The fraction of sp³-hybridized carbons (Fsp3) is 0.276. The zero-order chi connectivity index (χ0) is 28.1. The summed E-state index contributed by atoms with van der Waals surface area (Å²) >= 11 is 1.19. The van der Waals surface area contributed by atoms with Crippen LogP contribution in [0.25, 0.3) is 6.08 Å². The van der Waals surface area contributed by atoms with Gasteiger partial charge in [0.1, 0.15) is 6.61 Å². The van der Waals surface area contributed by atoms with E-state index < -0.39 is 12.0 Å². The van der Waals surface area contributed by atoms with Gasteiger partial charge in [-0.05, 0) is 62.2 Å². The summed E-state index contributed by atoms with van der Waals surface area (Å²) in [4.78, 5) is 32.0. The monoisotopic (exact) mass is 550 g/mol. The summed E-state index contributed by atoms with van der Waals surface area (Å²) in [5.74, 6) is 0.729. The third-order valence-electron chi connectivity index (χ3n) is 5.96. The van der Waals surface area contributed by atoms with Crippen molar-refractivity contribution >= 4 is 23.4 Å². The van der Waals surface area contributed by atoms with Gasteiger partial charge in [0.05, 0.1) is 42.2 Å². The van der Waals surface area contributed by atoms with Crippen molar-refractivity contribution in [3.05, 3.63) is 91.1 Å². The molecule has 1 aromatic heterocycles. The highest BCUT2D eigenvalue weighted by Gasteiger charge is 2.34. The molecule has 0 aliphatic carbocycles. The maximum Gasteiger partial charge on any atom is 0.338 e. The number of ether oxygens (including phenoxy) is 4. The average Bonchev–Trinajstić information content (AvgIpc) is 3.21. The lowest BCUT2D eigenvalue weighted by molar-refractivity contribution is -0.139. The van der Waals surface area contributed by atoms with E-state index >= 15 is 0 Å². The lowest BCUT2D eigenvalue weighted by atomic mass is 9.95. The molecule has 1 aliphatic heterocycles. The van der Waals surface area contributed by atoms with Crippen LogP contribution >= 0.6 is 11.3 Å². The van der Waals surface area contributed by atoms with Crippen molar-refractivity contribution in [3.63, 3.8) is 0 Å². The van der Waals surface area contributed by atoms with Crippen molar-refractivity contribution in [1.29, 1.82) is 0 Å². The summed E-state index contributed by atoms with van der Waals surface area (Å²) in [5.41, 5.74) is 1.63. The highest BCUT2D eigenvalue weighted by molar-refractivity contribution is 7.07. The number of carbonyl (C=O) groups excluding carboxylic acids is 1. The van der Waals surface area contributed by atoms with Gasteiger partial charge in [-0.3, -0.25) is 9.36 Å². The minimum Gasteiger partial charge on any atom is -0.504 e. The number of hydrogen-bond acceptors (Lipinski definition) is 9. The highest BCUT2D eigenvalue weighted by atomic mass is 32.1. The van der Waals surface area contributed by atoms with Gasteiger partial charge in [0, 0.05) is 0 Å². The Morgan fingerprint density at radius 2 is 1.90 bits per heavy atom. The number of methoxy groups -OCH3 is 1. The largest absolute Gasteiger partial charge is 0.504 e. The van der Waals surface area contributed by atoms with Gasteiger partial charge in [-0.15, -0.1) is 0 Å². The first-order valence-electron chi connectivity index (χ1n) is 12.4. The van der Waals surface area contributed by atoms with Crippen LogP contribution in [0, 0.1) is 0 Å². The first kappa shape index (κ1) is 27.7. The number of aromatic hydroxyl groups is 1. The molecule has 0 bridgehead atoms. The molecule has 2 heterocycles. The molecule has 1 atom stereocenters. The molecule has 0 amide bonds. The first-order valence-corrected chi connectivity index (χ1v) is 13.2. The molecule has 1 N–H and O–H groups in total. The average molecular weight is 551 g/mol. The summed E-state index contributed by atoms with van der Waals surface area (Å²) in [5, 5.41) is 10.2. The van der Waals surface area contributed by atoms with E-state index in [0.717, 1.165) is 0 Å². The Hall–Kier alpha value is -4.31. The zero-order valence-corrected chi connectivity index (χ0v) is 23.0. The van der Waals surface area contributed by atoms with Crippen molar-refractivity contribution < 1.29 is 28.8 Å². The van der Waals surface area contributed by atoms with Gasteiger partial charge < -0.3 is 24.1 Å². The van der Waals surface area contributed by atoms with Crippen LogP contribution in [0.3, 0.4) is 0 Å². The second-order valence-electron chi connectivity index (χ2n) is 8.47. The molecule has 2 aromatic carbocycles. The molecule has 0 spiro atoms. The fourth-order valence-electron chi connectivity index (χ4n) is 4.29. The van der Waals surface area contributed by atoms with Crippen LogP contribution in [0.15, 0.2) is 70.1 Å². The summed E-state index contributed by atoms with van der Waals surface area (Å²) in [7, 11) is 1.46. The van der Waals surface area contributed by atoms with E-state index in [1.807, 2.05) is 6.92 Å². The van der Waals surface area contributed by atoms with Crippen LogP contribution in [0.4, 0.5) is 0 Å². The third-order valence-corrected chi connectivity index (χ3v) is 6.94. The summed E-state index contributed by atoms with van der Waals surface area (Å²) in [6.07, 6.45) is 3.30. The predicted octanol–water partition coefficient (Wildman–Crippen LogP) is 3.48. The standard InChI is InChI=1S/C29H30N2O7S/c1-6-13-38-22-12-10-19(16-23(22)36-7-2)26-25(28(34)37-8-3)17(4)30-29-31(26)27(33)24(39-29)15-18-9-11-21(35-5)20(32)14-18/h6,9-12,14-16,26,32H,1,7-8,13H2,2-5H3/b24-15+. The molecule has 0 fully saturated rings. The number of thiazole rings is 1. The molecule has 10 heteroatoms. The van der Waals surface area contributed by atoms with E-state index in [9.17, 15) is 14.7 Å². The lowest BCUT2D eigenvalue weighted by Crippen LogP contribution is -2.40. The Morgan fingerprint density at radius 3 is 2.56 bits per heavy atom. The van der Waals surface area contributed by atoms with Crippen molar-refractivity contribution in [2.75, 3.05) is 26.9 Å². The fourth-order valence-corrected chi connectivity index (χ4v) is 5.33. The van der Waals surface area contributed by atoms with Crippen LogP contribution in [0.1, 0.15) is 37.9 Å². The van der Waals surface area contributed by atoms with E-state index in [1.54, 1.807) is 56.3 Å². The minimum absolute atomic E-state index is 0.0421. The number of phenols is 1. The Labute approximate surface area is 229 Å². The minimum atomic E-state index is -0.806. The van der Waals surface area contributed by atoms with E-state index in [1.165, 1.54) is 29.1 Å². The molecule has 0 saturated heterocycles. The van der Waals surface area contributed by atoms with Gasteiger partial charge in [0.25, 0.3) is 5.56 Å². The topological polar surface area (TPSA) is 109 Å². The van der Waals surface area contributed by atoms with Crippen molar-refractivity contribution in [1.82, 2.24) is 4.57 Å². The molecule has 4 rings (SSSR count). The summed E-state index contributed by atoms with van der Waals surface area (Å²) < 4.78 is 23.9. The molecule has 0 saturated carbocycles. The third kappa shape index (κ3) is 5.61. The van der Waals surface area contributed by atoms with Crippen molar-refractivity contribution in [3.8, 4) is 23.0 Å². The number of allylic oxidation sites excluding steroid dienone is 1. The van der Waals surface area contributed by atoms with Gasteiger partial charge in [0.2, 0.25) is 0 Å². The molecule has 1 aliphatic rings. The molecular formula is C29H30N2O7S. The van der Waals surface area contributed by atoms with Gasteiger partial charge >= 0.3 is 5.97 Å². The number of benzene rings is 2. The predicted molar refractivity (Wildman–Crippen MR) is 148 cm³/mol. The van der Waals surface area contributed by atoms with Crippen molar-refractivity contribution in [2.45, 2.75) is 26.8 Å². The van der Waals surface area contributed by atoms with Crippen LogP contribution < -0.4 is 29.1 Å². The van der Waals surface area contributed by atoms with Gasteiger partial charge in [-0.25, -0.2) is 9.79 Å². The number of hydrogen-bond donors (Lipinski definition) is 1. The van der Waals surface area contributed by atoms with Crippen LogP contribution in [0.5, 0.6) is 23.0 Å². The lowest BCUT2D eigenvalue weighted by Gasteiger charge is -2.25. The highest BCUT2D eigenvalue weighted by Crippen LogP contribution is 2.36. The second kappa shape index (κ2) is 12.0. The molecule has 1 unspecified atom stereocenters. The number of nitrogens with zero attached hydrogens (tertiary/aromatic N) is 2. The number of aromatic nitrogens is 1. The van der Waals surface area contributed by atoms with Crippen molar-refractivity contribution in [2.24, 2.45) is 4.99 Å². The maximum atomic E-state index is 13.8. The van der Waals surface area contributed by atoms with E-state index in [-0.39, 0.29) is 23.5 Å². The van der Waals surface area contributed by atoms with Crippen LogP contribution in [-0.4, -0.2) is 42.6 Å². The smallest absolute Gasteiger partial charge is 0.338 e. The normalized spacial score (nSPS) is 14.9. The second-order valence-corrected chi connectivity index (χ2v) is 9.48. The summed E-state index contributed by atoms with van der Waals surface area (Å²) in [6.45, 7) is 9.85. The molecule has 9 nitrogen and oxygen atoms in total. The van der Waals surface area contributed by atoms with E-state index in [2.05, 4.69) is 11.6 Å². The van der Waals surface area contributed by atoms with Gasteiger partial charge in [-0.2, -0.15) is 0 Å². The SMILES string of the molecule is C=CCOc1ccc(C2C(C(=O)OCC)=C(C)N=c3s/c(=C/c4ccc(OC)c(O)c4)c(=O)n32)cc1OCC. The summed E-state index contributed by atoms with van der Waals surface area (Å²) in [6, 6.07) is 9.37. The first-order chi connectivity index (χ1) is 18.8. The Morgan fingerprint density at radius 1 is 1.13 bits per heavy atom.